The van der Waals surface area contributed by atoms with Gasteiger partial charge in [-0.25, -0.2) is 0 Å². The molecule has 0 unspecified atom stereocenters. The Balaban J connectivity index is 1.55. The zero-order valence-electron chi connectivity index (χ0n) is 12.0. The molecule has 1 heterocycles. The molecule has 2 fully saturated rings. The second-order valence-electron chi connectivity index (χ2n) is 6.37. The Bertz CT molecular complexity index is 685. The number of rotatable bonds is 5. The molecule has 0 radical (unpaired) electrons. The summed E-state index contributed by atoms with van der Waals surface area (Å²) in [7, 11) is 0. The van der Waals surface area contributed by atoms with Crippen molar-refractivity contribution in [1.82, 2.24) is 9.47 Å². The minimum Gasteiger partial charge on any atom is -0.338 e. The van der Waals surface area contributed by atoms with Gasteiger partial charge in [-0.2, -0.15) is 0 Å². The van der Waals surface area contributed by atoms with Crippen molar-refractivity contribution in [2.45, 2.75) is 38.3 Å². The summed E-state index contributed by atoms with van der Waals surface area (Å²) in [6.07, 6.45) is 6.92. The van der Waals surface area contributed by atoms with Crippen LogP contribution in [0, 0.1) is 5.92 Å². The third-order valence-electron chi connectivity index (χ3n) is 4.50. The largest absolute Gasteiger partial charge is 0.338 e. The third-order valence-corrected chi connectivity index (χ3v) is 4.74. The van der Waals surface area contributed by atoms with E-state index in [0.29, 0.717) is 17.6 Å². The molecular weight excluding hydrogens is 284 g/mol. The standard InChI is InChI=1S/C17H19ClN2O/c18-14-4-3-13-7-8-19(16(13)9-14)11-17(21)20(15-5-6-15)10-12-1-2-12/h3-4,7-9,12,15H,1-2,5-6,10-11H2. The Labute approximate surface area is 129 Å². The van der Waals surface area contributed by atoms with E-state index in [9.17, 15) is 4.79 Å². The van der Waals surface area contributed by atoms with E-state index >= 15 is 0 Å². The molecule has 3 nitrogen and oxygen atoms in total. The van der Waals surface area contributed by atoms with Crippen molar-refractivity contribution in [3.63, 3.8) is 0 Å². The molecule has 2 aromatic rings. The first-order valence-electron chi connectivity index (χ1n) is 7.74. The van der Waals surface area contributed by atoms with Gasteiger partial charge in [0.15, 0.2) is 0 Å². The van der Waals surface area contributed by atoms with Gasteiger partial charge >= 0.3 is 0 Å². The molecular formula is C17H19ClN2O. The summed E-state index contributed by atoms with van der Waals surface area (Å²) in [5, 5.41) is 1.85. The number of halogens is 1. The molecule has 2 aliphatic carbocycles. The fraction of sp³-hybridized carbons (Fsp3) is 0.471. The van der Waals surface area contributed by atoms with E-state index in [4.69, 9.17) is 11.6 Å². The van der Waals surface area contributed by atoms with Crippen LogP contribution in [0.4, 0.5) is 0 Å². The fourth-order valence-electron chi connectivity index (χ4n) is 2.95. The van der Waals surface area contributed by atoms with Crippen molar-refractivity contribution in [2.75, 3.05) is 6.54 Å². The van der Waals surface area contributed by atoms with Gasteiger partial charge in [0.05, 0.1) is 0 Å². The molecule has 21 heavy (non-hydrogen) atoms. The van der Waals surface area contributed by atoms with E-state index in [1.807, 2.05) is 35.0 Å². The Morgan fingerprint density at radius 2 is 2.05 bits per heavy atom. The number of hydrogen-bond acceptors (Lipinski definition) is 1. The summed E-state index contributed by atoms with van der Waals surface area (Å²) in [6, 6.07) is 8.37. The smallest absolute Gasteiger partial charge is 0.242 e. The average molecular weight is 303 g/mol. The van der Waals surface area contributed by atoms with Crippen LogP contribution in [-0.2, 0) is 11.3 Å². The van der Waals surface area contributed by atoms with Crippen LogP contribution in [0.25, 0.3) is 10.9 Å². The predicted molar refractivity (Wildman–Crippen MR) is 84.4 cm³/mol. The van der Waals surface area contributed by atoms with Gasteiger partial charge in [-0.05, 0) is 55.2 Å². The maximum atomic E-state index is 12.7. The number of fused-ring (bicyclic) bond motifs is 1. The average Bonchev–Trinajstić information content (AvgIpc) is 3.36. The number of carbonyl (C=O) groups excluding carboxylic acids is 1. The van der Waals surface area contributed by atoms with E-state index in [-0.39, 0.29) is 5.91 Å². The molecule has 2 aliphatic rings. The number of hydrogen-bond donors (Lipinski definition) is 0. The van der Waals surface area contributed by atoms with Gasteiger partial charge in [0.1, 0.15) is 6.54 Å². The molecule has 0 aliphatic heterocycles. The van der Waals surface area contributed by atoms with Crippen molar-refractivity contribution < 1.29 is 4.79 Å². The first kappa shape index (κ1) is 13.2. The van der Waals surface area contributed by atoms with E-state index in [0.717, 1.165) is 23.4 Å². The number of carbonyl (C=O) groups is 1. The quantitative estimate of drug-likeness (QED) is 0.827. The Morgan fingerprint density at radius 1 is 1.24 bits per heavy atom. The SMILES string of the molecule is O=C(Cn1ccc2ccc(Cl)cc21)N(CC1CC1)C1CC1. The van der Waals surface area contributed by atoms with E-state index in [2.05, 4.69) is 4.90 Å². The highest BCUT2D eigenvalue weighted by Crippen LogP contribution is 2.35. The van der Waals surface area contributed by atoms with Gasteiger partial charge in [-0.3, -0.25) is 4.79 Å². The van der Waals surface area contributed by atoms with Crippen molar-refractivity contribution in [1.29, 1.82) is 0 Å². The molecule has 0 atom stereocenters. The van der Waals surface area contributed by atoms with Gasteiger partial charge in [0, 0.05) is 29.3 Å². The highest BCUT2D eigenvalue weighted by Gasteiger charge is 2.36. The first-order valence-corrected chi connectivity index (χ1v) is 8.12. The minimum absolute atomic E-state index is 0.252. The Kier molecular flexibility index (Phi) is 3.18. The van der Waals surface area contributed by atoms with Crippen molar-refractivity contribution >= 4 is 28.4 Å². The molecule has 1 amide bonds. The molecule has 4 heteroatoms. The second kappa shape index (κ2) is 5.06. The second-order valence-corrected chi connectivity index (χ2v) is 6.80. The summed E-state index contributed by atoms with van der Waals surface area (Å²) < 4.78 is 2.02. The lowest BCUT2D eigenvalue weighted by molar-refractivity contribution is -0.132. The normalized spacial score (nSPS) is 18.1. The summed E-state index contributed by atoms with van der Waals surface area (Å²) in [5.41, 5.74) is 1.04. The van der Waals surface area contributed by atoms with Crippen LogP contribution in [0.3, 0.4) is 0 Å². The van der Waals surface area contributed by atoms with Crippen LogP contribution >= 0.6 is 11.6 Å². The highest BCUT2D eigenvalue weighted by atomic mass is 35.5. The Morgan fingerprint density at radius 3 is 2.76 bits per heavy atom. The summed E-state index contributed by atoms with van der Waals surface area (Å²) in [5.74, 6) is 1.01. The molecule has 0 bridgehead atoms. The van der Waals surface area contributed by atoms with E-state index in [1.54, 1.807) is 0 Å². The van der Waals surface area contributed by atoms with Crippen molar-refractivity contribution in [3.05, 3.63) is 35.5 Å². The lowest BCUT2D eigenvalue weighted by Gasteiger charge is -2.23. The number of benzene rings is 1. The molecule has 1 aromatic heterocycles. The van der Waals surface area contributed by atoms with Crippen LogP contribution < -0.4 is 0 Å². The van der Waals surface area contributed by atoms with Gasteiger partial charge in [0.25, 0.3) is 0 Å². The summed E-state index contributed by atoms with van der Waals surface area (Å²) >= 11 is 6.08. The third kappa shape index (κ3) is 2.80. The van der Waals surface area contributed by atoms with Crippen LogP contribution in [0.2, 0.25) is 5.02 Å². The van der Waals surface area contributed by atoms with Crippen LogP contribution in [-0.4, -0.2) is 28.0 Å². The predicted octanol–water partition coefficient (Wildman–Crippen LogP) is 3.70. The van der Waals surface area contributed by atoms with Gasteiger partial charge in [0.2, 0.25) is 5.91 Å². The highest BCUT2D eigenvalue weighted by molar-refractivity contribution is 6.31. The zero-order valence-corrected chi connectivity index (χ0v) is 12.7. The van der Waals surface area contributed by atoms with E-state index < -0.39 is 0 Å². The molecule has 0 spiro atoms. The topological polar surface area (TPSA) is 25.2 Å². The number of amides is 1. The molecule has 4 rings (SSSR count). The monoisotopic (exact) mass is 302 g/mol. The van der Waals surface area contributed by atoms with Crippen LogP contribution in [0.1, 0.15) is 25.7 Å². The maximum Gasteiger partial charge on any atom is 0.242 e. The zero-order chi connectivity index (χ0) is 14.4. The summed E-state index contributed by atoms with van der Waals surface area (Å²) in [6.45, 7) is 1.39. The number of nitrogens with zero attached hydrogens (tertiary/aromatic N) is 2. The van der Waals surface area contributed by atoms with Gasteiger partial charge < -0.3 is 9.47 Å². The van der Waals surface area contributed by atoms with Crippen molar-refractivity contribution in [2.24, 2.45) is 5.92 Å². The first-order chi connectivity index (χ1) is 10.2. The number of aromatic nitrogens is 1. The van der Waals surface area contributed by atoms with Gasteiger partial charge in [-0.1, -0.05) is 17.7 Å². The molecule has 1 aromatic carbocycles. The minimum atomic E-state index is 0.252. The molecule has 0 N–H and O–H groups in total. The van der Waals surface area contributed by atoms with Crippen LogP contribution in [0.15, 0.2) is 30.5 Å². The lowest BCUT2D eigenvalue weighted by atomic mass is 10.2. The fourth-order valence-corrected chi connectivity index (χ4v) is 3.12. The molecule has 110 valence electrons. The van der Waals surface area contributed by atoms with Crippen molar-refractivity contribution in [3.8, 4) is 0 Å². The Hall–Kier alpha value is -1.48. The molecule has 2 saturated carbocycles. The maximum absolute atomic E-state index is 12.7. The molecule has 0 saturated heterocycles. The lowest BCUT2D eigenvalue weighted by Crippen LogP contribution is -2.37. The van der Waals surface area contributed by atoms with Crippen LogP contribution in [0.5, 0.6) is 0 Å². The van der Waals surface area contributed by atoms with Gasteiger partial charge in [-0.15, -0.1) is 0 Å². The summed E-state index contributed by atoms with van der Waals surface area (Å²) in [4.78, 5) is 14.8. The van der Waals surface area contributed by atoms with E-state index in [1.165, 1.54) is 25.7 Å².